The molecule has 2 atom stereocenters. The van der Waals surface area contributed by atoms with E-state index in [1.807, 2.05) is 0 Å². The van der Waals surface area contributed by atoms with Gasteiger partial charge in [0.15, 0.2) is 11.5 Å². The molecule has 8 nitrogen and oxygen atoms in total. The maximum Gasteiger partial charge on any atom is 0.413 e. The van der Waals surface area contributed by atoms with Crippen molar-refractivity contribution in [2.24, 2.45) is 26.0 Å². The van der Waals surface area contributed by atoms with Crippen molar-refractivity contribution in [1.82, 2.24) is 10.6 Å². The molecule has 1 aromatic rings. The number of hydrogen-bond acceptors (Lipinski definition) is 5. The summed E-state index contributed by atoms with van der Waals surface area (Å²) in [6.07, 6.45) is 0.765. The van der Waals surface area contributed by atoms with Crippen molar-refractivity contribution < 1.29 is 26.0 Å². The Bertz CT molecular complexity index is 1380. The lowest BCUT2D eigenvalue weighted by Gasteiger charge is -2.34. The maximum absolute atomic E-state index is 13.9. The van der Waals surface area contributed by atoms with Gasteiger partial charge in [-0.05, 0) is 61.4 Å². The van der Waals surface area contributed by atoms with E-state index in [9.17, 15) is 26.0 Å². The van der Waals surface area contributed by atoms with E-state index in [4.69, 9.17) is 5.14 Å². The number of nitrogens with zero attached hydrogens (tertiary/aromatic N) is 3. The Morgan fingerprint density at radius 3 is 2.61 bits per heavy atom. The van der Waals surface area contributed by atoms with Crippen LogP contribution >= 0.6 is 0 Å². The van der Waals surface area contributed by atoms with Crippen molar-refractivity contribution in [3.63, 3.8) is 0 Å². The van der Waals surface area contributed by atoms with Crippen LogP contribution in [0.2, 0.25) is 0 Å². The molecule has 2 heterocycles. The molecule has 4 aliphatic rings. The highest BCUT2D eigenvalue weighted by Crippen LogP contribution is 2.52. The molecule has 5 rings (SSSR count). The zero-order valence-electron chi connectivity index (χ0n) is 18.8. The Balaban J connectivity index is 1.44. The summed E-state index contributed by atoms with van der Waals surface area (Å²) in [6, 6.07) is 1.77. The second-order valence-electron chi connectivity index (χ2n) is 9.19. The Hall–Kier alpha value is -3.24. The van der Waals surface area contributed by atoms with E-state index < -0.39 is 44.5 Å². The van der Waals surface area contributed by atoms with E-state index in [2.05, 4.69) is 37.5 Å². The number of sulfonamides is 1. The minimum atomic E-state index is -4.51. The van der Waals surface area contributed by atoms with E-state index in [-0.39, 0.29) is 36.7 Å². The number of allylic oxidation sites excluding steroid dienone is 1. The number of dihydropyridines is 1. The predicted octanol–water partition coefficient (Wildman–Crippen LogP) is 2.18. The fourth-order valence-electron chi connectivity index (χ4n) is 3.83. The number of halogens is 4. The Morgan fingerprint density at radius 1 is 1.22 bits per heavy atom. The molecular weight excluding hydrogens is 500 g/mol. The lowest BCUT2D eigenvalue weighted by atomic mass is 10.0. The van der Waals surface area contributed by atoms with E-state index in [1.54, 1.807) is 12.2 Å². The molecule has 1 aromatic carbocycles. The number of guanidine groups is 1. The first-order valence-corrected chi connectivity index (χ1v) is 12.8. The standard InChI is InChI=1S/C23H22F4N6O2S/c24-15-9-14(10-17(11-15)36(28,34)35)12-29-21-31-18-6-5-16(4-3-13-1-2-13)30-19(18)20(32-21)33-22(7-8-22)23(25,26)27/h5-6,9-11,13,18-19H,1-2,7-8,12H2,(H2,28,34,35)(H2,29,31,32,33). The van der Waals surface area contributed by atoms with Crippen molar-refractivity contribution in [2.45, 2.75) is 60.9 Å². The lowest BCUT2D eigenvalue weighted by molar-refractivity contribution is -0.155. The molecule has 0 spiro atoms. The maximum atomic E-state index is 13.9. The summed E-state index contributed by atoms with van der Waals surface area (Å²) in [5.74, 6) is 5.70. The van der Waals surface area contributed by atoms with Gasteiger partial charge >= 0.3 is 6.18 Å². The van der Waals surface area contributed by atoms with E-state index in [0.717, 1.165) is 25.0 Å². The van der Waals surface area contributed by atoms with Crippen LogP contribution in [-0.2, 0) is 16.6 Å². The second kappa shape index (κ2) is 8.70. The highest BCUT2D eigenvalue weighted by atomic mass is 32.2. The number of nitrogens with one attached hydrogen (secondary N) is 2. The van der Waals surface area contributed by atoms with Gasteiger partial charge in [0.05, 0.1) is 17.5 Å². The molecule has 13 heteroatoms. The van der Waals surface area contributed by atoms with Crippen LogP contribution in [0.5, 0.6) is 0 Å². The van der Waals surface area contributed by atoms with Crippen LogP contribution < -0.4 is 15.8 Å². The number of rotatable bonds is 4. The molecule has 2 unspecified atom stereocenters. The first kappa shape index (κ1) is 24.5. The molecule has 36 heavy (non-hydrogen) atoms. The van der Waals surface area contributed by atoms with Gasteiger partial charge in [-0.15, -0.1) is 0 Å². The number of nitrogens with two attached hydrogens (primary N) is 1. The number of alkyl halides is 3. The zero-order chi connectivity index (χ0) is 25.7. The van der Waals surface area contributed by atoms with Crippen LogP contribution in [0.15, 0.2) is 50.2 Å². The summed E-state index contributed by atoms with van der Waals surface area (Å²) >= 11 is 0. The van der Waals surface area contributed by atoms with Crippen molar-refractivity contribution in [2.75, 3.05) is 0 Å². The van der Waals surface area contributed by atoms with Crippen molar-refractivity contribution in [1.29, 1.82) is 0 Å². The molecule has 0 amide bonds. The largest absolute Gasteiger partial charge is 0.413 e. The number of fused-ring (bicyclic) bond motifs is 1. The molecule has 2 aliphatic carbocycles. The van der Waals surface area contributed by atoms with Crippen LogP contribution in [0.1, 0.15) is 31.2 Å². The van der Waals surface area contributed by atoms with Gasteiger partial charge in [-0.3, -0.25) is 9.98 Å². The molecule has 4 N–H and O–H groups in total. The third-order valence-corrected chi connectivity index (χ3v) is 7.05. The van der Waals surface area contributed by atoms with Crippen LogP contribution in [0.25, 0.3) is 0 Å². The second-order valence-corrected chi connectivity index (χ2v) is 10.7. The van der Waals surface area contributed by atoms with Gasteiger partial charge in [-0.25, -0.2) is 22.9 Å². The van der Waals surface area contributed by atoms with Crippen molar-refractivity contribution >= 4 is 27.5 Å². The SMILES string of the molecule is NS(=O)(=O)c1cc(F)cc(CN=C2NC(=NC3(C(F)(F)F)CC3)C3N=C(C#CC4CC4)C=CC3N2)c1. The lowest BCUT2D eigenvalue weighted by Crippen LogP contribution is -2.62. The van der Waals surface area contributed by atoms with Gasteiger partial charge in [-0.1, -0.05) is 12.0 Å². The fourth-order valence-corrected chi connectivity index (χ4v) is 4.42. The normalized spacial score (nSPS) is 26.9. The average Bonchev–Trinajstić information content (AvgIpc) is 3.71. The van der Waals surface area contributed by atoms with Crippen molar-refractivity contribution in [3.05, 3.63) is 41.7 Å². The van der Waals surface area contributed by atoms with Gasteiger partial charge < -0.3 is 10.6 Å². The van der Waals surface area contributed by atoms with Crippen LogP contribution in [0, 0.1) is 23.6 Å². The smallest absolute Gasteiger partial charge is 0.347 e. The molecule has 0 bridgehead atoms. The first-order chi connectivity index (χ1) is 16.9. The van der Waals surface area contributed by atoms with E-state index >= 15 is 0 Å². The summed E-state index contributed by atoms with van der Waals surface area (Å²) in [5.41, 5.74) is -1.49. The molecule has 190 valence electrons. The summed E-state index contributed by atoms with van der Waals surface area (Å²) in [5, 5.41) is 11.0. The topological polar surface area (TPSA) is 121 Å². The quantitative estimate of drug-likeness (QED) is 0.415. The highest BCUT2D eigenvalue weighted by molar-refractivity contribution is 7.89. The zero-order valence-corrected chi connectivity index (χ0v) is 19.6. The fraction of sp³-hybridized carbons (Fsp3) is 0.435. The van der Waals surface area contributed by atoms with Crippen LogP contribution in [-0.4, -0.2) is 49.7 Å². The summed E-state index contributed by atoms with van der Waals surface area (Å²) in [4.78, 5) is 12.5. The number of hydrogen-bond donors (Lipinski definition) is 3. The molecule has 1 saturated heterocycles. The molecular formula is C23H22F4N6O2S. The van der Waals surface area contributed by atoms with Gasteiger partial charge in [0, 0.05) is 5.92 Å². The third kappa shape index (κ3) is 5.29. The van der Waals surface area contributed by atoms with E-state index in [0.29, 0.717) is 11.6 Å². The number of benzene rings is 1. The Kier molecular flexibility index (Phi) is 5.91. The van der Waals surface area contributed by atoms with Gasteiger partial charge in [0.25, 0.3) is 0 Å². The minimum absolute atomic E-state index is 0.00636. The van der Waals surface area contributed by atoms with Crippen LogP contribution in [0.4, 0.5) is 17.6 Å². The first-order valence-electron chi connectivity index (χ1n) is 11.3. The minimum Gasteiger partial charge on any atom is -0.347 e. The predicted molar refractivity (Wildman–Crippen MR) is 125 cm³/mol. The average molecular weight is 523 g/mol. The van der Waals surface area contributed by atoms with Crippen molar-refractivity contribution in [3.8, 4) is 11.8 Å². The monoisotopic (exact) mass is 522 g/mol. The molecule has 3 fully saturated rings. The molecule has 2 aliphatic heterocycles. The summed E-state index contributed by atoms with van der Waals surface area (Å²) in [6.45, 7) is -0.171. The third-order valence-electron chi connectivity index (χ3n) is 6.16. The molecule has 0 aromatic heterocycles. The van der Waals surface area contributed by atoms with Gasteiger partial charge in [-0.2, -0.15) is 13.2 Å². The highest BCUT2D eigenvalue weighted by Gasteiger charge is 2.64. The number of aliphatic imine (C=N–C) groups is 3. The van der Waals surface area contributed by atoms with Gasteiger partial charge in [0.2, 0.25) is 10.0 Å². The van der Waals surface area contributed by atoms with Crippen LogP contribution in [0.3, 0.4) is 0 Å². The number of primary sulfonamides is 1. The number of amidine groups is 1. The Morgan fingerprint density at radius 2 is 1.97 bits per heavy atom. The summed E-state index contributed by atoms with van der Waals surface area (Å²) < 4.78 is 78.1. The molecule has 0 radical (unpaired) electrons. The Labute approximate surface area is 204 Å². The van der Waals surface area contributed by atoms with Gasteiger partial charge in [0.1, 0.15) is 23.4 Å². The summed E-state index contributed by atoms with van der Waals surface area (Å²) in [7, 11) is -4.13. The molecule has 2 saturated carbocycles. The van der Waals surface area contributed by atoms with E-state index in [1.165, 1.54) is 6.07 Å².